The number of ether oxygens (including phenoxy) is 1. The van der Waals surface area contributed by atoms with Gasteiger partial charge < -0.3 is 14.4 Å². The number of halogens is 1. The van der Waals surface area contributed by atoms with Crippen molar-refractivity contribution in [2.45, 2.75) is 65.2 Å². The van der Waals surface area contributed by atoms with Crippen LogP contribution in [0.25, 0.3) is 11.4 Å². The lowest BCUT2D eigenvalue weighted by atomic mass is 9.86. The van der Waals surface area contributed by atoms with Gasteiger partial charge in [-0.25, -0.2) is 9.18 Å². The molecule has 2 aromatic heterocycles. The number of nitrogens with zero attached hydrogens (tertiary/aromatic N) is 2. The summed E-state index contributed by atoms with van der Waals surface area (Å²) >= 11 is 0. The number of aromatic nitrogens is 2. The first kappa shape index (κ1) is 20.8. The molecule has 2 aliphatic heterocycles. The Bertz CT molecular complexity index is 1310. The average Bonchev–Trinajstić information content (AvgIpc) is 3.14. The number of aliphatic hydroxyl groups is 1. The number of rotatable bonds is 1. The van der Waals surface area contributed by atoms with Gasteiger partial charge in [0.1, 0.15) is 12.4 Å². The molecule has 0 radical (unpaired) electrons. The van der Waals surface area contributed by atoms with Gasteiger partial charge in [0.05, 0.1) is 23.5 Å². The second-order valence-corrected chi connectivity index (χ2v) is 8.85. The van der Waals surface area contributed by atoms with Gasteiger partial charge in [-0.2, -0.15) is 0 Å². The molecule has 0 saturated heterocycles. The van der Waals surface area contributed by atoms with Gasteiger partial charge in [-0.05, 0) is 68.4 Å². The molecule has 0 spiro atoms. The summed E-state index contributed by atoms with van der Waals surface area (Å²) in [4.78, 5) is 30.5. The lowest BCUT2D eigenvalue weighted by molar-refractivity contribution is -0.172. The van der Waals surface area contributed by atoms with Gasteiger partial charge in [0, 0.05) is 16.8 Å². The van der Waals surface area contributed by atoms with Gasteiger partial charge in [0.25, 0.3) is 5.56 Å². The van der Waals surface area contributed by atoms with E-state index >= 15 is 0 Å². The number of cyclic esters (lactones) is 1. The second kappa shape index (κ2) is 7.24. The number of hydrogen-bond acceptors (Lipinski definition) is 5. The molecule has 2 aromatic rings. The van der Waals surface area contributed by atoms with Crippen molar-refractivity contribution in [2.24, 2.45) is 0 Å². The Morgan fingerprint density at radius 2 is 1.91 bits per heavy atom. The third-order valence-electron chi connectivity index (χ3n) is 6.98. The molecule has 1 atom stereocenters. The van der Waals surface area contributed by atoms with Crippen LogP contribution >= 0.6 is 0 Å². The van der Waals surface area contributed by atoms with E-state index in [9.17, 15) is 19.1 Å². The van der Waals surface area contributed by atoms with Crippen LogP contribution in [0.2, 0.25) is 0 Å². The maximum atomic E-state index is 14.8. The fourth-order valence-corrected chi connectivity index (χ4v) is 5.03. The molecule has 0 unspecified atom stereocenters. The van der Waals surface area contributed by atoms with Gasteiger partial charge in [-0.15, -0.1) is 0 Å². The Morgan fingerprint density at radius 1 is 1.16 bits per heavy atom. The van der Waals surface area contributed by atoms with E-state index in [0.29, 0.717) is 34.8 Å². The minimum atomic E-state index is -1.87. The molecule has 7 heteroatoms. The summed E-state index contributed by atoms with van der Waals surface area (Å²) in [5.74, 6) is -1.06. The molecular formula is C25H25FN2O4. The molecule has 1 N–H and O–H groups in total. The zero-order chi connectivity index (χ0) is 22.8. The summed E-state index contributed by atoms with van der Waals surface area (Å²) in [7, 11) is 0. The number of pyridine rings is 1. The Labute approximate surface area is 185 Å². The van der Waals surface area contributed by atoms with Crippen LogP contribution in [0.3, 0.4) is 0 Å². The molecule has 5 rings (SSSR count). The molecule has 4 heterocycles. The first-order valence-electron chi connectivity index (χ1n) is 11.0. The van der Waals surface area contributed by atoms with Gasteiger partial charge in [-0.1, -0.05) is 13.0 Å². The van der Waals surface area contributed by atoms with Crippen LogP contribution in [-0.4, -0.2) is 20.6 Å². The summed E-state index contributed by atoms with van der Waals surface area (Å²) in [5.41, 5.74) is 3.58. The number of aryl methyl sites for hydroxylation is 3. The average molecular weight is 436 g/mol. The number of carbonyl (C=O) groups excluding carboxylic acids is 1. The zero-order valence-electron chi connectivity index (χ0n) is 18.4. The number of fused-ring (bicyclic) bond motifs is 7. The smallest absolute Gasteiger partial charge is 0.343 e. The van der Waals surface area contributed by atoms with Crippen molar-refractivity contribution in [1.82, 2.24) is 9.55 Å². The molecule has 1 aliphatic carbocycles. The van der Waals surface area contributed by atoms with E-state index in [4.69, 9.17) is 9.72 Å². The fraction of sp³-hybridized carbons (Fsp3) is 0.400. The molecule has 3 aliphatic rings. The third kappa shape index (κ3) is 2.91. The first-order chi connectivity index (χ1) is 15.2. The van der Waals surface area contributed by atoms with Gasteiger partial charge in [-0.3, -0.25) is 9.78 Å². The number of esters is 1. The monoisotopic (exact) mass is 436 g/mol. The Morgan fingerprint density at radius 3 is 2.66 bits per heavy atom. The first-order valence-corrected chi connectivity index (χ1v) is 11.0. The standard InChI is InChI=1S/C25H25FN2O4/c1-4-25(31)19-10-21-22-17(11-28(21)23(29)18(19)12-32-24(25)30)16-7-5-6-15(9-16)14(3)20(26)8-13(2)27-22/h8-10,31H,4-7,11-12H2,1-3H3/t25-/m0/s1. The Balaban J connectivity index is 1.87. The molecule has 0 fully saturated rings. The predicted octanol–water partition coefficient (Wildman–Crippen LogP) is 3.30. The van der Waals surface area contributed by atoms with E-state index in [1.54, 1.807) is 31.4 Å². The minimum absolute atomic E-state index is 0.0858. The molecular weight excluding hydrogens is 411 g/mol. The molecule has 166 valence electrons. The lowest BCUT2D eigenvalue weighted by Crippen LogP contribution is -2.44. The van der Waals surface area contributed by atoms with Crippen molar-refractivity contribution in [3.63, 3.8) is 0 Å². The van der Waals surface area contributed by atoms with E-state index in [-0.39, 0.29) is 30.0 Å². The van der Waals surface area contributed by atoms with E-state index in [1.165, 1.54) is 6.07 Å². The Hall–Kier alpha value is -3.06. The van der Waals surface area contributed by atoms with E-state index in [0.717, 1.165) is 36.0 Å². The van der Waals surface area contributed by atoms with Crippen LogP contribution in [0.4, 0.5) is 4.39 Å². The zero-order valence-corrected chi connectivity index (χ0v) is 18.4. The van der Waals surface area contributed by atoms with Crippen LogP contribution in [0.1, 0.15) is 58.8 Å². The Kier molecular flexibility index (Phi) is 4.71. The molecule has 6 nitrogen and oxygen atoms in total. The summed E-state index contributed by atoms with van der Waals surface area (Å²) in [6.07, 6.45) is 2.60. The van der Waals surface area contributed by atoms with Crippen LogP contribution in [0.15, 0.2) is 23.0 Å². The van der Waals surface area contributed by atoms with Crippen molar-refractivity contribution >= 4 is 5.97 Å². The lowest BCUT2D eigenvalue weighted by Gasteiger charge is -2.31. The van der Waals surface area contributed by atoms with E-state index in [1.807, 2.05) is 6.07 Å². The highest BCUT2D eigenvalue weighted by atomic mass is 19.1. The van der Waals surface area contributed by atoms with Gasteiger partial charge in [0.2, 0.25) is 0 Å². The third-order valence-corrected chi connectivity index (χ3v) is 6.98. The summed E-state index contributed by atoms with van der Waals surface area (Å²) in [5, 5.41) is 11.0. The normalized spacial score (nSPS) is 20.1. The molecule has 0 amide bonds. The van der Waals surface area contributed by atoms with Gasteiger partial charge >= 0.3 is 5.97 Å². The summed E-state index contributed by atoms with van der Waals surface area (Å²) in [6.45, 7) is 5.37. The summed E-state index contributed by atoms with van der Waals surface area (Å²) < 4.78 is 21.6. The van der Waals surface area contributed by atoms with E-state index < -0.39 is 11.6 Å². The highest BCUT2D eigenvalue weighted by Gasteiger charge is 2.45. The van der Waals surface area contributed by atoms with Crippen molar-refractivity contribution in [2.75, 3.05) is 0 Å². The molecule has 32 heavy (non-hydrogen) atoms. The highest BCUT2D eigenvalue weighted by Crippen LogP contribution is 2.39. The van der Waals surface area contributed by atoms with E-state index in [2.05, 4.69) is 0 Å². The second-order valence-electron chi connectivity index (χ2n) is 8.85. The predicted molar refractivity (Wildman–Crippen MR) is 116 cm³/mol. The molecule has 0 aromatic carbocycles. The van der Waals surface area contributed by atoms with Crippen molar-refractivity contribution in [3.05, 3.63) is 73.4 Å². The van der Waals surface area contributed by atoms with Crippen LogP contribution < -0.4 is 5.56 Å². The number of carbonyl (C=O) groups is 1. The molecule has 2 bridgehead atoms. The maximum Gasteiger partial charge on any atom is 0.343 e. The van der Waals surface area contributed by atoms with Gasteiger partial charge in [0.15, 0.2) is 5.60 Å². The SMILES string of the molecule is CC[C@@]1(O)C(=O)OCc2c1cc1n(c2=O)Cc2c3cc(c(C)c(F)cc(C)nc2-1)CCC3. The van der Waals surface area contributed by atoms with Crippen molar-refractivity contribution < 1.29 is 19.0 Å². The van der Waals surface area contributed by atoms with Crippen LogP contribution in [0.5, 0.6) is 0 Å². The van der Waals surface area contributed by atoms with Crippen LogP contribution in [0, 0.1) is 19.7 Å². The highest BCUT2D eigenvalue weighted by molar-refractivity contribution is 5.84. The molecule has 0 saturated carbocycles. The topological polar surface area (TPSA) is 81.4 Å². The largest absolute Gasteiger partial charge is 0.458 e. The quantitative estimate of drug-likeness (QED) is 0.592. The van der Waals surface area contributed by atoms with Crippen LogP contribution in [-0.2, 0) is 41.1 Å². The maximum absolute atomic E-state index is 14.8. The fourth-order valence-electron chi connectivity index (χ4n) is 5.03. The summed E-state index contributed by atoms with van der Waals surface area (Å²) in [6, 6.07) is 5.14. The van der Waals surface area contributed by atoms with Crippen molar-refractivity contribution in [1.29, 1.82) is 0 Å². The van der Waals surface area contributed by atoms with Crippen molar-refractivity contribution in [3.8, 4) is 11.4 Å². The minimum Gasteiger partial charge on any atom is -0.458 e. The number of hydrogen-bond donors (Lipinski definition) is 1.